The Morgan fingerprint density at radius 2 is 2.11 bits per heavy atom. The molecule has 0 aliphatic carbocycles. The van der Waals surface area contributed by atoms with Crippen LogP contribution in [0, 0.1) is 19.7 Å². The Morgan fingerprint density at radius 3 is 2.85 bits per heavy atom. The summed E-state index contributed by atoms with van der Waals surface area (Å²) in [6.07, 6.45) is 1.29. The van der Waals surface area contributed by atoms with Crippen LogP contribution in [-0.4, -0.2) is 28.0 Å². The molecule has 0 fully saturated rings. The molecule has 3 rings (SSSR count). The van der Waals surface area contributed by atoms with E-state index in [1.54, 1.807) is 0 Å². The molecule has 2 heterocycles. The number of benzene rings is 1. The lowest BCUT2D eigenvalue weighted by Crippen LogP contribution is -2.28. The van der Waals surface area contributed by atoms with Crippen LogP contribution in [0.15, 0.2) is 35.4 Å². The van der Waals surface area contributed by atoms with Gasteiger partial charge in [0.2, 0.25) is 0 Å². The number of fused-ring (bicyclic) bond motifs is 1. The van der Waals surface area contributed by atoms with Gasteiger partial charge in [0.25, 0.3) is 11.5 Å². The van der Waals surface area contributed by atoms with Gasteiger partial charge in [0.15, 0.2) is 6.61 Å². The van der Waals surface area contributed by atoms with E-state index in [4.69, 9.17) is 4.74 Å². The van der Waals surface area contributed by atoms with E-state index >= 15 is 0 Å². The first kappa shape index (κ1) is 18.7. The number of nitrogens with one attached hydrogen (secondary N) is 1. The average molecular weight is 389 g/mol. The summed E-state index contributed by atoms with van der Waals surface area (Å²) < 4.78 is 19.1. The molecule has 140 valence electrons. The minimum absolute atomic E-state index is 0.255. The molecule has 0 aliphatic rings. The quantitative estimate of drug-likeness (QED) is 0.677. The van der Waals surface area contributed by atoms with Crippen molar-refractivity contribution >= 4 is 39.1 Å². The van der Waals surface area contributed by atoms with Crippen molar-refractivity contribution in [2.45, 2.75) is 20.4 Å². The van der Waals surface area contributed by atoms with Crippen LogP contribution in [0.4, 0.5) is 10.1 Å². The number of carbonyl (C=O) groups is 2. The van der Waals surface area contributed by atoms with Crippen molar-refractivity contribution in [3.8, 4) is 0 Å². The Hall–Kier alpha value is -3.07. The molecular weight excluding hydrogens is 373 g/mol. The number of aryl methyl sites for hydroxylation is 2. The molecule has 1 amide bonds. The third kappa shape index (κ3) is 4.20. The van der Waals surface area contributed by atoms with Crippen molar-refractivity contribution in [3.05, 3.63) is 57.2 Å². The van der Waals surface area contributed by atoms with Gasteiger partial charge in [-0.3, -0.25) is 19.0 Å². The van der Waals surface area contributed by atoms with Crippen molar-refractivity contribution in [1.82, 2.24) is 9.55 Å². The minimum atomic E-state index is -0.753. The van der Waals surface area contributed by atoms with Gasteiger partial charge in [0.1, 0.15) is 17.2 Å². The zero-order chi connectivity index (χ0) is 19.6. The molecule has 0 saturated carbocycles. The van der Waals surface area contributed by atoms with E-state index < -0.39 is 24.3 Å². The number of amides is 1. The average Bonchev–Trinajstić information content (AvgIpc) is 2.91. The number of aromatic nitrogens is 2. The second kappa shape index (κ2) is 7.67. The summed E-state index contributed by atoms with van der Waals surface area (Å²) in [6.45, 7) is 2.83. The Bertz CT molecular complexity index is 1090. The molecule has 0 radical (unpaired) electrons. The highest BCUT2D eigenvalue weighted by molar-refractivity contribution is 7.18. The van der Waals surface area contributed by atoms with E-state index in [9.17, 15) is 18.8 Å². The normalized spacial score (nSPS) is 10.8. The number of halogens is 1. The summed E-state index contributed by atoms with van der Waals surface area (Å²) in [6, 6.07) is 5.34. The van der Waals surface area contributed by atoms with E-state index in [1.165, 1.54) is 35.9 Å². The summed E-state index contributed by atoms with van der Waals surface area (Å²) in [5, 5.41) is 2.90. The van der Waals surface area contributed by atoms with Gasteiger partial charge in [0.05, 0.1) is 11.7 Å². The third-order valence-corrected chi connectivity index (χ3v) is 5.04. The zero-order valence-corrected chi connectivity index (χ0v) is 15.4. The first-order valence-electron chi connectivity index (χ1n) is 8.01. The number of hydrogen-bond acceptors (Lipinski definition) is 6. The molecule has 0 unspecified atom stereocenters. The Kier molecular flexibility index (Phi) is 5.31. The first-order valence-corrected chi connectivity index (χ1v) is 8.83. The molecule has 1 aromatic carbocycles. The summed E-state index contributed by atoms with van der Waals surface area (Å²) in [4.78, 5) is 42.1. The molecule has 2 aromatic heterocycles. The molecular formula is C18H16FN3O4S. The molecule has 9 heteroatoms. The van der Waals surface area contributed by atoms with Gasteiger partial charge in [-0.05, 0) is 37.6 Å². The van der Waals surface area contributed by atoms with Gasteiger partial charge in [-0.2, -0.15) is 0 Å². The predicted molar refractivity (Wildman–Crippen MR) is 99.3 cm³/mol. The van der Waals surface area contributed by atoms with Crippen molar-refractivity contribution in [1.29, 1.82) is 0 Å². The Labute approximate surface area is 157 Å². The second-order valence-corrected chi connectivity index (χ2v) is 7.06. The molecule has 0 aliphatic heterocycles. The molecule has 7 nitrogen and oxygen atoms in total. The molecule has 27 heavy (non-hydrogen) atoms. The van der Waals surface area contributed by atoms with Crippen LogP contribution < -0.4 is 10.9 Å². The molecule has 1 N–H and O–H groups in total. The topological polar surface area (TPSA) is 90.3 Å². The monoisotopic (exact) mass is 389 g/mol. The fraction of sp³-hybridized carbons (Fsp3) is 0.222. The summed E-state index contributed by atoms with van der Waals surface area (Å²) >= 11 is 1.42. The Morgan fingerprint density at radius 1 is 1.33 bits per heavy atom. The van der Waals surface area contributed by atoms with Gasteiger partial charge < -0.3 is 10.1 Å². The van der Waals surface area contributed by atoms with Gasteiger partial charge in [0, 0.05) is 10.6 Å². The number of carbonyl (C=O) groups excluding carboxylic acids is 2. The van der Waals surface area contributed by atoms with Crippen LogP contribution in [0.25, 0.3) is 10.2 Å². The highest BCUT2D eigenvalue weighted by atomic mass is 32.1. The number of anilines is 1. The molecule has 0 spiro atoms. The lowest BCUT2D eigenvalue weighted by Gasteiger charge is -2.08. The number of esters is 1. The fourth-order valence-electron chi connectivity index (χ4n) is 2.48. The molecule has 0 saturated heterocycles. The van der Waals surface area contributed by atoms with Gasteiger partial charge in [-0.15, -0.1) is 11.3 Å². The smallest absolute Gasteiger partial charge is 0.326 e. The van der Waals surface area contributed by atoms with Crippen LogP contribution in [0.2, 0.25) is 0 Å². The lowest BCUT2D eigenvalue weighted by molar-refractivity contribution is -0.147. The lowest BCUT2D eigenvalue weighted by atomic mass is 10.2. The second-order valence-electron chi connectivity index (χ2n) is 5.86. The number of ether oxygens (including phenoxy) is 1. The van der Waals surface area contributed by atoms with Gasteiger partial charge >= 0.3 is 5.97 Å². The summed E-state index contributed by atoms with van der Waals surface area (Å²) in [5.74, 6) is -1.86. The van der Waals surface area contributed by atoms with E-state index in [0.29, 0.717) is 10.2 Å². The highest BCUT2D eigenvalue weighted by Crippen LogP contribution is 2.25. The number of nitrogens with zero attached hydrogens (tertiary/aromatic N) is 2. The number of rotatable bonds is 5. The van der Waals surface area contributed by atoms with Crippen molar-refractivity contribution in [2.75, 3.05) is 11.9 Å². The maximum atomic E-state index is 13.1. The molecule has 0 bridgehead atoms. The summed E-state index contributed by atoms with van der Waals surface area (Å²) in [7, 11) is 0. The van der Waals surface area contributed by atoms with E-state index in [0.717, 1.165) is 21.1 Å². The standard InChI is InChI=1S/C18H16FN3O4S/c1-10-11(2)27-17-16(10)18(25)22(9-20-17)7-15(24)26-8-14(23)21-13-5-3-4-12(19)6-13/h3-6,9H,7-8H2,1-2H3,(H,21,23). The minimum Gasteiger partial charge on any atom is -0.454 e. The number of hydrogen-bond donors (Lipinski definition) is 1. The van der Waals surface area contributed by atoms with Crippen LogP contribution >= 0.6 is 11.3 Å². The fourth-order valence-corrected chi connectivity index (χ4v) is 3.46. The zero-order valence-electron chi connectivity index (χ0n) is 14.6. The van der Waals surface area contributed by atoms with E-state index in [-0.39, 0.29) is 17.8 Å². The maximum absolute atomic E-state index is 13.1. The summed E-state index contributed by atoms with van der Waals surface area (Å²) in [5.41, 5.74) is 0.762. The number of thiophene rings is 1. The third-order valence-electron chi connectivity index (χ3n) is 3.93. The van der Waals surface area contributed by atoms with Gasteiger partial charge in [-0.1, -0.05) is 6.07 Å². The highest BCUT2D eigenvalue weighted by Gasteiger charge is 2.15. The molecule has 0 atom stereocenters. The predicted octanol–water partition coefficient (Wildman–Crippen LogP) is 2.40. The van der Waals surface area contributed by atoms with E-state index in [1.807, 2.05) is 13.8 Å². The molecule has 3 aromatic rings. The Balaban J connectivity index is 1.62. The van der Waals surface area contributed by atoms with Crippen LogP contribution in [0.3, 0.4) is 0 Å². The van der Waals surface area contributed by atoms with Crippen molar-refractivity contribution in [3.63, 3.8) is 0 Å². The SMILES string of the molecule is Cc1sc2ncn(CC(=O)OCC(=O)Nc3cccc(F)c3)c(=O)c2c1C. The van der Waals surface area contributed by atoms with Crippen molar-refractivity contribution in [2.24, 2.45) is 0 Å². The first-order chi connectivity index (χ1) is 12.8. The van der Waals surface area contributed by atoms with E-state index in [2.05, 4.69) is 10.3 Å². The largest absolute Gasteiger partial charge is 0.454 e. The van der Waals surface area contributed by atoms with Crippen LogP contribution in [0.5, 0.6) is 0 Å². The maximum Gasteiger partial charge on any atom is 0.326 e. The van der Waals surface area contributed by atoms with Crippen molar-refractivity contribution < 1.29 is 18.7 Å². The van der Waals surface area contributed by atoms with Crippen LogP contribution in [0.1, 0.15) is 10.4 Å². The van der Waals surface area contributed by atoms with Crippen LogP contribution in [-0.2, 0) is 20.9 Å². The van der Waals surface area contributed by atoms with Gasteiger partial charge in [-0.25, -0.2) is 9.37 Å².